The topological polar surface area (TPSA) is 45.0 Å². The molecular formula is C15H14IN3O. The van der Waals surface area contributed by atoms with Crippen molar-refractivity contribution in [3.05, 3.63) is 54.1 Å². The Balaban J connectivity index is 2.10. The molecule has 0 aliphatic carbocycles. The molecule has 2 aromatic rings. The van der Waals surface area contributed by atoms with Crippen LogP contribution in [0.1, 0.15) is 10.4 Å². The minimum absolute atomic E-state index is 0.0189. The molecule has 0 N–H and O–H groups in total. The summed E-state index contributed by atoms with van der Waals surface area (Å²) in [6, 6.07) is 14.9. The van der Waals surface area contributed by atoms with E-state index in [-0.39, 0.29) is 3.79 Å². The normalized spacial score (nSPS) is 10.8. The Kier molecular flexibility index (Phi) is 4.84. The predicted octanol–water partition coefficient (Wildman–Crippen LogP) is 4.74. The molecule has 0 unspecified atom stereocenters. The van der Waals surface area contributed by atoms with E-state index >= 15 is 0 Å². The lowest BCUT2D eigenvalue weighted by Gasteiger charge is -2.11. The molecule has 0 amide bonds. The molecule has 0 bridgehead atoms. The Morgan fingerprint density at radius 1 is 0.900 bits per heavy atom. The van der Waals surface area contributed by atoms with Crippen LogP contribution in [-0.2, 0) is 0 Å². The fourth-order valence-electron chi connectivity index (χ4n) is 1.59. The van der Waals surface area contributed by atoms with E-state index in [2.05, 4.69) is 10.2 Å². The van der Waals surface area contributed by atoms with Crippen molar-refractivity contribution in [1.29, 1.82) is 0 Å². The highest BCUT2D eigenvalue weighted by atomic mass is 127. The Hall–Kier alpha value is -1.76. The van der Waals surface area contributed by atoms with Crippen LogP contribution in [0.15, 0.2) is 58.8 Å². The van der Waals surface area contributed by atoms with Crippen LogP contribution in [0.5, 0.6) is 0 Å². The van der Waals surface area contributed by atoms with Crippen molar-refractivity contribution in [2.45, 2.75) is 0 Å². The maximum atomic E-state index is 11.2. The first-order valence-corrected chi connectivity index (χ1v) is 7.13. The summed E-state index contributed by atoms with van der Waals surface area (Å²) in [5.41, 5.74) is 3.31. The zero-order valence-corrected chi connectivity index (χ0v) is 13.4. The number of benzene rings is 2. The lowest BCUT2D eigenvalue weighted by molar-refractivity contribution is 0.110. The van der Waals surface area contributed by atoms with Gasteiger partial charge in [-0.1, -0.05) is 0 Å². The molecule has 5 heteroatoms. The standard InChI is InChI=1S/C15H14IN3O/c1-19(2)14-9-7-13(8-10-14)18-17-12-5-3-11(4-6-12)15(16)20/h3-10H,1-2H3/b18-17+. The summed E-state index contributed by atoms with van der Waals surface area (Å²) in [6.45, 7) is 0. The molecule has 102 valence electrons. The van der Waals surface area contributed by atoms with E-state index in [1.54, 1.807) is 46.9 Å². The zero-order valence-electron chi connectivity index (χ0n) is 11.2. The fraction of sp³-hybridized carbons (Fsp3) is 0.133. The first kappa shape index (κ1) is 14.6. The molecule has 0 aliphatic heterocycles. The van der Waals surface area contributed by atoms with Crippen LogP contribution in [0.4, 0.5) is 17.1 Å². The number of anilines is 1. The summed E-state index contributed by atoms with van der Waals surface area (Å²) < 4.78 is 0.0189. The van der Waals surface area contributed by atoms with Crippen LogP contribution in [0, 0.1) is 0 Å². The van der Waals surface area contributed by atoms with Crippen LogP contribution in [0.2, 0.25) is 0 Å². The average Bonchev–Trinajstić information content (AvgIpc) is 2.46. The maximum absolute atomic E-state index is 11.2. The summed E-state index contributed by atoms with van der Waals surface area (Å²) in [4.78, 5) is 13.2. The molecule has 0 radical (unpaired) electrons. The van der Waals surface area contributed by atoms with Crippen molar-refractivity contribution in [1.82, 2.24) is 0 Å². The summed E-state index contributed by atoms with van der Waals surface area (Å²) in [7, 11) is 3.99. The predicted molar refractivity (Wildman–Crippen MR) is 89.7 cm³/mol. The summed E-state index contributed by atoms with van der Waals surface area (Å²) in [5.74, 6) is 0. The molecule has 2 rings (SSSR count). The number of carbonyl (C=O) groups is 1. The van der Waals surface area contributed by atoms with Crippen LogP contribution in [0.25, 0.3) is 0 Å². The van der Waals surface area contributed by atoms with Gasteiger partial charge in [0, 0.05) is 47.9 Å². The molecule has 0 aliphatic rings. The van der Waals surface area contributed by atoms with E-state index in [1.807, 2.05) is 43.3 Å². The first-order valence-electron chi connectivity index (χ1n) is 6.05. The van der Waals surface area contributed by atoms with Gasteiger partial charge in [-0.3, -0.25) is 4.79 Å². The number of carbonyl (C=O) groups excluding carboxylic acids is 1. The van der Waals surface area contributed by atoms with Gasteiger partial charge in [0.2, 0.25) is 3.79 Å². The van der Waals surface area contributed by atoms with Crippen molar-refractivity contribution in [3.63, 3.8) is 0 Å². The van der Waals surface area contributed by atoms with Crippen LogP contribution < -0.4 is 4.90 Å². The number of rotatable bonds is 4. The Labute approximate surface area is 131 Å². The lowest BCUT2D eigenvalue weighted by Crippen LogP contribution is -2.07. The third-order valence-electron chi connectivity index (χ3n) is 2.74. The quantitative estimate of drug-likeness (QED) is 0.438. The van der Waals surface area contributed by atoms with Crippen LogP contribution >= 0.6 is 22.6 Å². The van der Waals surface area contributed by atoms with Crippen molar-refractivity contribution in [2.75, 3.05) is 19.0 Å². The van der Waals surface area contributed by atoms with Crippen molar-refractivity contribution in [3.8, 4) is 0 Å². The molecule has 0 saturated heterocycles. The number of hydrogen-bond acceptors (Lipinski definition) is 4. The van der Waals surface area contributed by atoms with Gasteiger partial charge in [0.25, 0.3) is 0 Å². The number of azo groups is 1. The summed E-state index contributed by atoms with van der Waals surface area (Å²) >= 11 is 1.76. The smallest absolute Gasteiger partial charge is 0.222 e. The average molecular weight is 379 g/mol. The van der Waals surface area contributed by atoms with Gasteiger partial charge >= 0.3 is 0 Å². The Morgan fingerprint density at radius 2 is 1.35 bits per heavy atom. The van der Waals surface area contributed by atoms with E-state index < -0.39 is 0 Å². The molecule has 0 saturated carbocycles. The zero-order chi connectivity index (χ0) is 14.5. The number of hydrogen-bond donors (Lipinski definition) is 0. The second-order valence-corrected chi connectivity index (χ2v) is 5.41. The molecule has 20 heavy (non-hydrogen) atoms. The SMILES string of the molecule is CN(C)c1ccc(/N=N/c2ccc(C(=O)I)cc2)cc1. The molecule has 2 aromatic carbocycles. The molecule has 0 spiro atoms. The van der Waals surface area contributed by atoms with Crippen molar-refractivity contribution in [2.24, 2.45) is 10.2 Å². The van der Waals surface area contributed by atoms with Gasteiger partial charge in [0.15, 0.2) is 0 Å². The number of nitrogens with zero attached hydrogens (tertiary/aromatic N) is 3. The van der Waals surface area contributed by atoms with Crippen LogP contribution in [-0.4, -0.2) is 17.9 Å². The molecule has 0 aromatic heterocycles. The van der Waals surface area contributed by atoms with Gasteiger partial charge in [-0.2, -0.15) is 10.2 Å². The molecule has 0 atom stereocenters. The molecule has 4 nitrogen and oxygen atoms in total. The second-order valence-electron chi connectivity index (χ2n) is 4.43. The Morgan fingerprint density at radius 3 is 1.75 bits per heavy atom. The van der Waals surface area contributed by atoms with Gasteiger partial charge < -0.3 is 4.90 Å². The maximum Gasteiger partial charge on any atom is 0.222 e. The Bertz CT molecular complexity index is 619. The summed E-state index contributed by atoms with van der Waals surface area (Å²) in [6.07, 6.45) is 0. The summed E-state index contributed by atoms with van der Waals surface area (Å²) in [5, 5.41) is 8.32. The van der Waals surface area contributed by atoms with E-state index in [0.717, 1.165) is 17.1 Å². The second kappa shape index (κ2) is 6.60. The lowest BCUT2D eigenvalue weighted by atomic mass is 10.2. The highest BCUT2D eigenvalue weighted by molar-refractivity contribution is 14.1. The third-order valence-corrected chi connectivity index (χ3v) is 3.36. The minimum atomic E-state index is 0.0189. The highest BCUT2D eigenvalue weighted by Gasteiger charge is 2.00. The highest BCUT2D eigenvalue weighted by Crippen LogP contribution is 2.21. The largest absolute Gasteiger partial charge is 0.378 e. The molecular weight excluding hydrogens is 365 g/mol. The van der Waals surface area contributed by atoms with Gasteiger partial charge in [-0.25, -0.2) is 0 Å². The molecule has 0 heterocycles. The van der Waals surface area contributed by atoms with Gasteiger partial charge in [0.05, 0.1) is 11.4 Å². The van der Waals surface area contributed by atoms with Crippen LogP contribution in [0.3, 0.4) is 0 Å². The van der Waals surface area contributed by atoms with Gasteiger partial charge in [-0.15, -0.1) is 0 Å². The monoisotopic (exact) mass is 379 g/mol. The fourth-order valence-corrected chi connectivity index (χ4v) is 1.95. The number of halogens is 1. The van der Waals surface area contributed by atoms with Crippen molar-refractivity contribution < 1.29 is 4.79 Å². The van der Waals surface area contributed by atoms with E-state index in [9.17, 15) is 4.79 Å². The van der Waals surface area contributed by atoms with Gasteiger partial charge in [0.1, 0.15) is 0 Å². The van der Waals surface area contributed by atoms with E-state index in [1.165, 1.54) is 0 Å². The minimum Gasteiger partial charge on any atom is -0.378 e. The third kappa shape index (κ3) is 3.86. The van der Waals surface area contributed by atoms with Crippen molar-refractivity contribution >= 4 is 43.4 Å². The van der Waals surface area contributed by atoms with E-state index in [0.29, 0.717) is 5.56 Å². The first-order chi connectivity index (χ1) is 9.56. The van der Waals surface area contributed by atoms with Gasteiger partial charge in [-0.05, 0) is 48.5 Å². The molecule has 0 fully saturated rings. The van der Waals surface area contributed by atoms with E-state index in [4.69, 9.17) is 0 Å².